The van der Waals surface area contributed by atoms with E-state index in [4.69, 9.17) is 16.3 Å². The Morgan fingerprint density at radius 2 is 1.88 bits per heavy atom. The predicted octanol–water partition coefficient (Wildman–Crippen LogP) is 3.77. The molecule has 1 heterocycles. The topological polar surface area (TPSA) is 68.3 Å². The van der Waals surface area contributed by atoms with Crippen molar-refractivity contribution in [2.45, 2.75) is 11.3 Å². The quantitative estimate of drug-likeness (QED) is 0.619. The van der Waals surface area contributed by atoms with E-state index >= 15 is 0 Å². The molecule has 0 bridgehead atoms. The molecule has 136 valence electrons. The van der Waals surface area contributed by atoms with Gasteiger partial charge in [-0.25, -0.2) is 17.5 Å². The molecule has 8 heteroatoms. The van der Waals surface area contributed by atoms with Crippen LogP contribution in [0.15, 0.2) is 59.6 Å². The zero-order chi connectivity index (χ0) is 18.6. The Bertz CT molecular complexity index is 1020. The average Bonchev–Trinajstić information content (AvgIpc) is 2.63. The number of hydrogen-bond donors (Lipinski definition) is 1. The first-order valence-corrected chi connectivity index (χ1v) is 9.75. The van der Waals surface area contributed by atoms with Gasteiger partial charge in [0.2, 0.25) is 10.0 Å². The summed E-state index contributed by atoms with van der Waals surface area (Å²) in [4.78, 5) is 3.82. The van der Waals surface area contributed by atoms with Gasteiger partial charge in [0.15, 0.2) is 5.82 Å². The van der Waals surface area contributed by atoms with Gasteiger partial charge in [0.25, 0.3) is 0 Å². The number of rotatable bonds is 7. The van der Waals surface area contributed by atoms with Crippen molar-refractivity contribution < 1.29 is 17.5 Å². The third-order valence-corrected chi connectivity index (χ3v) is 5.44. The summed E-state index contributed by atoms with van der Waals surface area (Å²) >= 11 is 5.63. The molecule has 1 aromatic heterocycles. The summed E-state index contributed by atoms with van der Waals surface area (Å²) in [7, 11) is -3.97. The molecule has 0 aliphatic carbocycles. The second kappa shape index (κ2) is 7.99. The van der Waals surface area contributed by atoms with E-state index in [1.165, 1.54) is 18.2 Å². The van der Waals surface area contributed by atoms with Crippen LogP contribution in [0.5, 0.6) is 5.75 Å². The van der Waals surface area contributed by atoms with E-state index < -0.39 is 20.7 Å². The number of ether oxygens (including phenoxy) is 1. The number of nitrogens with one attached hydrogen (secondary N) is 1. The van der Waals surface area contributed by atoms with Crippen molar-refractivity contribution in [2.75, 3.05) is 13.2 Å². The smallest absolute Gasteiger partial charge is 0.243 e. The Morgan fingerprint density at radius 1 is 1.12 bits per heavy atom. The van der Waals surface area contributed by atoms with Crippen LogP contribution >= 0.6 is 11.6 Å². The van der Waals surface area contributed by atoms with E-state index in [2.05, 4.69) is 9.71 Å². The van der Waals surface area contributed by atoms with Gasteiger partial charge in [-0.3, -0.25) is 4.98 Å². The molecule has 0 saturated carbocycles. The van der Waals surface area contributed by atoms with Crippen LogP contribution in [0.3, 0.4) is 0 Å². The molecule has 0 radical (unpaired) electrons. The van der Waals surface area contributed by atoms with Crippen LogP contribution in [-0.4, -0.2) is 26.6 Å². The molecule has 3 aromatic rings. The maximum absolute atomic E-state index is 13.9. The van der Waals surface area contributed by atoms with Gasteiger partial charge in [-0.05, 0) is 30.7 Å². The van der Waals surface area contributed by atoms with Gasteiger partial charge < -0.3 is 4.74 Å². The van der Waals surface area contributed by atoms with E-state index in [1.54, 1.807) is 12.3 Å². The molecule has 0 spiro atoms. The average molecular weight is 395 g/mol. The lowest BCUT2D eigenvalue weighted by Gasteiger charge is -2.10. The third-order valence-electron chi connectivity index (χ3n) is 3.67. The number of aromatic nitrogens is 1. The normalized spacial score (nSPS) is 11.6. The van der Waals surface area contributed by atoms with Crippen molar-refractivity contribution >= 4 is 32.5 Å². The second-order valence-electron chi connectivity index (χ2n) is 5.48. The van der Waals surface area contributed by atoms with Gasteiger partial charge in [-0.15, -0.1) is 0 Å². The number of benzene rings is 2. The van der Waals surface area contributed by atoms with E-state index in [9.17, 15) is 12.8 Å². The van der Waals surface area contributed by atoms with Gasteiger partial charge in [0.1, 0.15) is 16.2 Å². The molecule has 1 N–H and O–H groups in total. The maximum atomic E-state index is 13.9. The summed E-state index contributed by atoms with van der Waals surface area (Å²) in [6, 6.07) is 13.2. The Labute approximate surface area is 155 Å². The van der Waals surface area contributed by atoms with Crippen LogP contribution in [0.4, 0.5) is 4.39 Å². The fourth-order valence-corrected chi connectivity index (χ4v) is 3.83. The molecule has 0 amide bonds. The van der Waals surface area contributed by atoms with Crippen LogP contribution in [0.25, 0.3) is 10.9 Å². The van der Waals surface area contributed by atoms with Gasteiger partial charge in [-0.1, -0.05) is 35.9 Å². The minimum atomic E-state index is -3.97. The lowest BCUT2D eigenvalue weighted by molar-refractivity contribution is 0.314. The molecule has 0 saturated heterocycles. The summed E-state index contributed by atoms with van der Waals surface area (Å²) in [5.41, 5.74) is 0.747. The molecule has 0 fully saturated rings. The molecule has 0 unspecified atom stereocenters. The SMILES string of the molecule is O=S(=O)(NCCCOc1cccc2cccnc12)c1cccc(Cl)c1F. The lowest BCUT2D eigenvalue weighted by Crippen LogP contribution is -2.26. The van der Waals surface area contributed by atoms with Gasteiger partial charge in [-0.2, -0.15) is 0 Å². The van der Waals surface area contributed by atoms with Crippen LogP contribution < -0.4 is 9.46 Å². The fourth-order valence-electron chi connectivity index (χ4n) is 2.42. The molecule has 0 atom stereocenters. The fraction of sp³-hybridized carbons (Fsp3) is 0.167. The van der Waals surface area contributed by atoms with E-state index in [0.717, 1.165) is 10.9 Å². The Kier molecular flexibility index (Phi) is 5.70. The highest BCUT2D eigenvalue weighted by atomic mass is 35.5. The molecule has 0 aliphatic heterocycles. The van der Waals surface area contributed by atoms with Crippen LogP contribution in [0.2, 0.25) is 5.02 Å². The Balaban J connectivity index is 1.56. The summed E-state index contributed by atoms with van der Waals surface area (Å²) in [5.74, 6) is -0.327. The van der Waals surface area contributed by atoms with Crippen LogP contribution in [0, 0.1) is 5.82 Å². The van der Waals surface area contributed by atoms with Crippen molar-refractivity contribution in [3.05, 3.63) is 65.6 Å². The summed E-state index contributed by atoms with van der Waals surface area (Å²) in [6.45, 7) is 0.392. The number of hydrogen-bond acceptors (Lipinski definition) is 4. The molecule has 0 aliphatic rings. The van der Waals surface area contributed by atoms with Crippen molar-refractivity contribution in [1.29, 1.82) is 0 Å². The van der Waals surface area contributed by atoms with Crippen molar-refractivity contribution in [2.24, 2.45) is 0 Å². The number of halogens is 2. The molecule has 26 heavy (non-hydrogen) atoms. The molecule has 5 nitrogen and oxygen atoms in total. The van der Waals surface area contributed by atoms with E-state index in [1.807, 2.05) is 24.3 Å². The second-order valence-corrected chi connectivity index (χ2v) is 7.63. The highest BCUT2D eigenvalue weighted by Crippen LogP contribution is 2.23. The van der Waals surface area contributed by atoms with E-state index in [0.29, 0.717) is 12.2 Å². The monoisotopic (exact) mass is 394 g/mol. The van der Waals surface area contributed by atoms with Gasteiger partial charge >= 0.3 is 0 Å². The van der Waals surface area contributed by atoms with Gasteiger partial charge in [0.05, 0.1) is 11.6 Å². The maximum Gasteiger partial charge on any atom is 0.243 e. The molecular weight excluding hydrogens is 379 g/mol. The lowest BCUT2D eigenvalue weighted by atomic mass is 10.2. The van der Waals surface area contributed by atoms with Crippen molar-refractivity contribution in [3.8, 4) is 5.75 Å². The zero-order valence-corrected chi connectivity index (χ0v) is 15.2. The predicted molar refractivity (Wildman–Crippen MR) is 98.5 cm³/mol. The molecule has 2 aromatic carbocycles. The third kappa shape index (κ3) is 4.12. The standard InChI is InChI=1S/C18H16ClFN2O3S/c19-14-7-2-9-16(17(14)20)26(23,24)22-11-4-12-25-15-8-1-5-13-6-3-10-21-18(13)15/h1-3,5-10,22H,4,11-12H2. The summed E-state index contributed by atoms with van der Waals surface area (Å²) in [6.07, 6.45) is 2.09. The highest BCUT2D eigenvalue weighted by Gasteiger charge is 2.20. The first-order chi connectivity index (χ1) is 12.5. The number of fused-ring (bicyclic) bond motifs is 1. The number of nitrogens with zero attached hydrogens (tertiary/aromatic N) is 1. The van der Waals surface area contributed by atoms with Crippen LogP contribution in [-0.2, 0) is 10.0 Å². The number of para-hydroxylation sites is 1. The molecule has 3 rings (SSSR count). The first kappa shape index (κ1) is 18.6. The minimum Gasteiger partial charge on any atom is -0.491 e. The van der Waals surface area contributed by atoms with E-state index in [-0.39, 0.29) is 18.2 Å². The Hall–Kier alpha value is -2.22. The summed E-state index contributed by atoms with van der Waals surface area (Å²) < 4.78 is 46.2. The molecular formula is C18H16ClFN2O3S. The van der Waals surface area contributed by atoms with Crippen molar-refractivity contribution in [3.63, 3.8) is 0 Å². The summed E-state index contributed by atoms with van der Waals surface area (Å²) in [5, 5.41) is 0.724. The number of pyridine rings is 1. The van der Waals surface area contributed by atoms with Gasteiger partial charge in [0, 0.05) is 18.1 Å². The Morgan fingerprint density at radius 3 is 2.73 bits per heavy atom. The minimum absolute atomic E-state index is 0.104. The highest BCUT2D eigenvalue weighted by molar-refractivity contribution is 7.89. The first-order valence-electron chi connectivity index (χ1n) is 7.89. The zero-order valence-electron chi connectivity index (χ0n) is 13.7. The van der Waals surface area contributed by atoms with Crippen LogP contribution in [0.1, 0.15) is 6.42 Å². The number of sulfonamides is 1. The largest absolute Gasteiger partial charge is 0.491 e. The van der Waals surface area contributed by atoms with Crippen molar-refractivity contribution in [1.82, 2.24) is 9.71 Å².